The van der Waals surface area contributed by atoms with Crippen LogP contribution in [0.5, 0.6) is 0 Å². The summed E-state index contributed by atoms with van der Waals surface area (Å²) in [4.78, 5) is 2.38. The van der Waals surface area contributed by atoms with Gasteiger partial charge in [-0.1, -0.05) is 0 Å². The summed E-state index contributed by atoms with van der Waals surface area (Å²) in [6, 6.07) is 3.00. The van der Waals surface area contributed by atoms with Gasteiger partial charge in [0.25, 0.3) is 0 Å². The van der Waals surface area contributed by atoms with E-state index in [-0.39, 0.29) is 0 Å². The molecule has 4 nitrogen and oxygen atoms in total. The largest absolute Gasteiger partial charge is 0.354 e. The van der Waals surface area contributed by atoms with E-state index in [0.717, 1.165) is 43.7 Å². The number of hydrogen-bond donors (Lipinski definition) is 1. The zero-order chi connectivity index (χ0) is 14.2. The van der Waals surface area contributed by atoms with Crippen LogP contribution in [-0.4, -0.2) is 35.9 Å². The van der Waals surface area contributed by atoms with Crippen molar-refractivity contribution in [1.82, 2.24) is 15.5 Å². The molecule has 0 radical (unpaired) electrons. The number of anilines is 1. The first-order chi connectivity index (χ1) is 10.3. The van der Waals surface area contributed by atoms with Gasteiger partial charge in [-0.05, 0) is 63.0 Å². The van der Waals surface area contributed by atoms with E-state index in [1.807, 2.05) is 0 Å². The number of aromatic nitrogens is 2. The lowest BCUT2D eigenvalue weighted by Crippen LogP contribution is -2.52. The fourth-order valence-corrected chi connectivity index (χ4v) is 3.63. The molecular weight excluding hydrogens is 260 g/mol. The number of nitrogens with one attached hydrogen (secondary N) is 1. The van der Waals surface area contributed by atoms with Crippen LogP contribution in [0.2, 0.25) is 0 Å². The van der Waals surface area contributed by atoms with E-state index in [0.29, 0.717) is 6.04 Å². The molecule has 1 N–H and O–H groups in total. The Morgan fingerprint density at radius 1 is 1.24 bits per heavy atom. The highest BCUT2D eigenvalue weighted by atomic mass is 15.3. The molecule has 2 aliphatic carbocycles. The highest BCUT2D eigenvalue weighted by molar-refractivity contribution is 5.44. The number of fused-ring (bicyclic) bond motifs is 1. The van der Waals surface area contributed by atoms with Crippen molar-refractivity contribution in [2.75, 3.05) is 24.5 Å². The van der Waals surface area contributed by atoms with Crippen molar-refractivity contribution in [1.29, 1.82) is 0 Å². The average Bonchev–Trinajstić information content (AvgIpc) is 3.30. The molecular formula is C17H26N4. The SMILES string of the molecule is CC(NCC1CN(c2cc3c(nn2)CCCC3)C1)C1CC1. The van der Waals surface area contributed by atoms with Crippen molar-refractivity contribution >= 4 is 5.82 Å². The van der Waals surface area contributed by atoms with Crippen LogP contribution in [0.15, 0.2) is 6.07 Å². The molecule has 1 unspecified atom stereocenters. The number of hydrogen-bond acceptors (Lipinski definition) is 4. The summed E-state index contributed by atoms with van der Waals surface area (Å²) in [5, 5.41) is 12.6. The lowest BCUT2D eigenvalue weighted by Gasteiger charge is -2.40. The molecule has 0 bridgehead atoms. The average molecular weight is 286 g/mol. The van der Waals surface area contributed by atoms with Gasteiger partial charge < -0.3 is 10.2 Å². The van der Waals surface area contributed by atoms with Crippen LogP contribution in [0.3, 0.4) is 0 Å². The van der Waals surface area contributed by atoms with Gasteiger partial charge in [-0.25, -0.2) is 0 Å². The second kappa shape index (κ2) is 5.56. The van der Waals surface area contributed by atoms with Gasteiger partial charge in [0.2, 0.25) is 0 Å². The lowest BCUT2D eigenvalue weighted by atomic mass is 9.95. The normalized spacial score (nSPS) is 23.6. The number of nitrogens with zero attached hydrogens (tertiary/aromatic N) is 3. The first kappa shape index (κ1) is 13.5. The van der Waals surface area contributed by atoms with Crippen LogP contribution < -0.4 is 10.2 Å². The first-order valence-corrected chi connectivity index (χ1v) is 8.63. The molecule has 0 spiro atoms. The molecule has 1 aromatic rings. The Bertz CT molecular complexity index is 506. The number of aryl methyl sites for hydroxylation is 2. The smallest absolute Gasteiger partial charge is 0.151 e. The maximum absolute atomic E-state index is 4.45. The maximum Gasteiger partial charge on any atom is 0.151 e. The minimum Gasteiger partial charge on any atom is -0.354 e. The van der Waals surface area contributed by atoms with Crippen molar-refractivity contribution in [3.05, 3.63) is 17.3 Å². The Morgan fingerprint density at radius 2 is 2.05 bits per heavy atom. The molecule has 1 atom stereocenters. The summed E-state index contributed by atoms with van der Waals surface area (Å²) < 4.78 is 0. The van der Waals surface area contributed by atoms with E-state index >= 15 is 0 Å². The molecule has 4 rings (SSSR count). The molecule has 2 heterocycles. The third kappa shape index (κ3) is 2.91. The Kier molecular flexibility index (Phi) is 3.57. The van der Waals surface area contributed by atoms with Gasteiger partial charge in [-0.2, -0.15) is 5.10 Å². The fraction of sp³-hybridized carbons (Fsp3) is 0.765. The van der Waals surface area contributed by atoms with Gasteiger partial charge in [0, 0.05) is 31.6 Å². The third-order valence-corrected chi connectivity index (χ3v) is 5.40. The van der Waals surface area contributed by atoms with Crippen molar-refractivity contribution in [3.63, 3.8) is 0 Å². The quantitative estimate of drug-likeness (QED) is 0.901. The lowest BCUT2D eigenvalue weighted by molar-refractivity contribution is 0.354. The van der Waals surface area contributed by atoms with Crippen LogP contribution in [0, 0.1) is 11.8 Å². The zero-order valence-electron chi connectivity index (χ0n) is 13.0. The Labute approximate surface area is 127 Å². The molecule has 1 aromatic heterocycles. The van der Waals surface area contributed by atoms with Gasteiger partial charge >= 0.3 is 0 Å². The van der Waals surface area contributed by atoms with E-state index in [9.17, 15) is 0 Å². The van der Waals surface area contributed by atoms with Crippen molar-refractivity contribution in [2.45, 2.75) is 51.5 Å². The summed E-state index contributed by atoms with van der Waals surface area (Å²) in [6.45, 7) is 5.77. The van der Waals surface area contributed by atoms with Gasteiger partial charge in [-0.15, -0.1) is 5.10 Å². The standard InChI is InChI=1S/C17H26N4/c1-12(14-6-7-14)18-9-13-10-21(11-13)17-8-15-4-2-3-5-16(15)19-20-17/h8,12-14,18H,2-7,9-11H2,1H3. The summed E-state index contributed by atoms with van der Waals surface area (Å²) in [7, 11) is 0. The van der Waals surface area contributed by atoms with E-state index in [1.165, 1.54) is 43.4 Å². The van der Waals surface area contributed by atoms with Crippen LogP contribution in [-0.2, 0) is 12.8 Å². The minimum absolute atomic E-state index is 0.711. The van der Waals surface area contributed by atoms with Gasteiger partial charge in [0.15, 0.2) is 5.82 Å². The monoisotopic (exact) mass is 286 g/mol. The molecule has 2 fully saturated rings. The van der Waals surface area contributed by atoms with Crippen molar-refractivity contribution in [3.8, 4) is 0 Å². The van der Waals surface area contributed by atoms with Crippen LogP contribution >= 0.6 is 0 Å². The predicted molar refractivity (Wildman–Crippen MR) is 84.6 cm³/mol. The topological polar surface area (TPSA) is 41.0 Å². The molecule has 3 aliphatic rings. The second-order valence-electron chi connectivity index (χ2n) is 7.19. The summed E-state index contributed by atoms with van der Waals surface area (Å²) >= 11 is 0. The summed E-state index contributed by atoms with van der Waals surface area (Å²) in [6.07, 6.45) is 7.75. The zero-order valence-corrected chi connectivity index (χ0v) is 13.0. The van der Waals surface area contributed by atoms with Crippen molar-refractivity contribution in [2.24, 2.45) is 11.8 Å². The molecule has 0 aromatic carbocycles. The van der Waals surface area contributed by atoms with Crippen molar-refractivity contribution < 1.29 is 0 Å². The van der Waals surface area contributed by atoms with Crippen LogP contribution in [0.4, 0.5) is 5.82 Å². The van der Waals surface area contributed by atoms with E-state index in [4.69, 9.17) is 0 Å². The molecule has 114 valence electrons. The number of rotatable bonds is 5. The molecule has 21 heavy (non-hydrogen) atoms. The summed E-state index contributed by atoms with van der Waals surface area (Å²) in [5.41, 5.74) is 2.68. The second-order valence-corrected chi connectivity index (χ2v) is 7.19. The van der Waals surface area contributed by atoms with E-state index in [2.05, 4.69) is 33.4 Å². The van der Waals surface area contributed by atoms with Gasteiger partial charge in [0.05, 0.1) is 5.69 Å². The third-order valence-electron chi connectivity index (χ3n) is 5.40. The molecule has 0 amide bonds. The molecule has 1 saturated carbocycles. The van der Waals surface area contributed by atoms with Crippen LogP contribution in [0.1, 0.15) is 43.9 Å². The predicted octanol–water partition coefficient (Wildman–Crippen LogP) is 2.18. The van der Waals surface area contributed by atoms with Crippen LogP contribution in [0.25, 0.3) is 0 Å². The first-order valence-electron chi connectivity index (χ1n) is 8.63. The molecule has 1 saturated heterocycles. The molecule has 4 heteroatoms. The van der Waals surface area contributed by atoms with Gasteiger partial charge in [-0.3, -0.25) is 0 Å². The van der Waals surface area contributed by atoms with E-state index < -0.39 is 0 Å². The fourth-order valence-electron chi connectivity index (χ4n) is 3.63. The Morgan fingerprint density at radius 3 is 2.86 bits per heavy atom. The minimum atomic E-state index is 0.711. The van der Waals surface area contributed by atoms with E-state index in [1.54, 1.807) is 0 Å². The van der Waals surface area contributed by atoms with Gasteiger partial charge in [0.1, 0.15) is 0 Å². The summed E-state index contributed by atoms with van der Waals surface area (Å²) in [5.74, 6) is 2.83. The Balaban J connectivity index is 1.29. The highest BCUT2D eigenvalue weighted by Gasteiger charge is 2.31. The highest BCUT2D eigenvalue weighted by Crippen LogP contribution is 2.32. The molecule has 1 aliphatic heterocycles. The Hall–Kier alpha value is -1.16. The maximum atomic E-state index is 4.45.